The van der Waals surface area contributed by atoms with Gasteiger partial charge in [0.2, 0.25) is 0 Å². The monoisotopic (exact) mass is 457 g/mol. The molecule has 0 bridgehead atoms. The molecular weight excluding hydrogens is 422 g/mol. The van der Waals surface area contributed by atoms with Crippen LogP contribution in [0.15, 0.2) is 36.4 Å². The van der Waals surface area contributed by atoms with Crippen molar-refractivity contribution in [3.05, 3.63) is 47.5 Å². The van der Waals surface area contributed by atoms with Crippen LogP contribution in [0.2, 0.25) is 0 Å². The summed E-state index contributed by atoms with van der Waals surface area (Å²) >= 11 is 0. The summed E-state index contributed by atoms with van der Waals surface area (Å²) in [4.78, 5) is 27.6. The first kappa shape index (κ1) is 26.0. The van der Waals surface area contributed by atoms with Gasteiger partial charge in [-0.1, -0.05) is 0 Å². The molecule has 0 aromatic heterocycles. The number of nitrogens with zero attached hydrogens (tertiary/aromatic N) is 1. The maximum atomic E-state index is 12.8. The average Bonchev–Trinajstić information content (AvgIpc) is 2.80. The summed E-state index contributed by atoms with van der Waals surface area (Å²) in [6.07, 6.45) is 0. The Morgan fingerprint density at radius 2 is 1.36 bits per heavy atom. The van der Waals surface area contributed by atoms with Crippen molar-refractivity contribution >= 4 is 17.5 Å². The standard InChI is InChI=1S/C25H35N3O5/c1-16(2)28(17(3)4)13-12-26-24(29)18-8-10-19(11-9-18)27-25(30)20-14-22(32-6)23(33-7)15-21(20)31-5/h8-11,14-17H,12-13H2,1-7H3,(H,26,29)(H,27,30). The Morgan fingerprint density at radius 3 is 1.88 bits per heavy atom. The lowest BCUT2D eigenvalue weighted by Gasteiger charge is -2.30. The number of ether oxygens (including phenoxy) is 3. The van der Waals surface area contributed by atoms with Crippen LogP contribution in [-0.4, -0.2) is 63.2 Å². The molecular formula is C25H35N3O5. The zero-order chi connectivity index (χ0) is 24.5. The first-order chi connectivity index (χ1) is 15.7. The fraction of sp³-hybridized carbons (Fsp3) is 0.440. The Hall–Kier alpha value is -3.26. The molecule has 2 N–H and O–H groups in total. The highest BCUT2D eigenvalue weighted by molar-refractivity contribution is 6.07. The SMILES string of the molecule is COc1cc(OC)c(C(=O)Nc2ccc(C(=O)NCCN(C(C)C)C(C)C)cc2)cc1OC. The number of hydrogen-bond donors (Lipinski definition) is 2. The van der Waals surface area contributed by atoms with Crippen LogP contribution < -0.4 is 24.8 Å². The first-order valence-electron chi connectivity index (χ1n) is 11.0. The number of carbonyl (C=O) groups excluding carboxylic acids is 2. The predicted octanol–water partition coefficient (Wildman–Crippen LogP) is 3.81. The van der Waals surface area contributed by atoms with E-state index in [9.17, 15) is 9.59 Å². The molecule has 8 heteroatoms. The third-order valence-corrected chi connectivity index (χ3v) is 5.34. The molecule has 2 amide bonds. The highest BCUT2D eigenvalue weighted by Crippen LogP contribution is 2.35. The molecule has 33 heavy (non-hydrogen) atoms. The molecule has 0 aliphatic heterocycles. The van der Waals surface area contributed by atoms with Gasteiger partial charge in [-0.15, -0.1) is 0 Å². The Bertz CT molecular complexity index is 934. The lowest BCUT2D eigenvalue weighted by Crippen LogP contribution is -2.42. The number of amides is 2. The van der Waals surface area contributed by atoms with Crippen LogP contribution in [-0.2, 0) is 0 Å². The molecule has 0 radical (unpaired) electrons. The van der Waals surface area contributed by atoms with Crippen molar-refractivity contribution in [3.8, 4) is 17.2 Å². The third-order valence-electron chi connectivity index (χ3n) is 5.34. The van der Waals surface area contributed by atoms with Crippen molar-refractivity contribution in [2.75, 3.05) is 39.7 Å². The number of rotatable bonds is 11. The van der Waals surface area contributed by atoms with Crippen LogP contribution in [0.1, 0.15) is 48.4 Å². The number of carbonyl (C=O) groups is 2. The number of benzene rings is 2. The number of anilines is 1. The Kier molecular flexibility index (Phi) is 9.54. The topological polar surface area (TPSA) is 89.1 Å². The maximum absolute atomic E-state index is 12.8. The van der Waals surface area contributed by atoms with Gasteiger partial charge in [-0.2, -0.15) is 0 Å². The van der Waals surface area contributed by atoms with Crippen molar-refractivity contribution < 1.29 is 23.8 Å². The van der Waals surface area contributed by atoms with Gasteiger partial charge in [-0.25, -0.2) is 0 Å². The first-order valence-corrected chi connectivity index (χ1v) is 11.0. The quantitative estimate of drug-likeness (QED) is 0.533. The van der Waals surface area contributed by atoms with Gasteiger partial charge in [0, 0.05) is 48.6 Å². The van der Waals surface area contributed by atoms with E-state index in [2.05, 4.69) is 43.2 Å². The van der Waals surface area contributed by atoms with Gasteiger partial charge in [0.05, 0.1) is 26.9 Å². The van der Waals surface area contributed by atoms with Crippen molar-refractivity contribution in [2.24, 2.45) is 0 Å². The van der Waals surface area contributed by atoms with Gasteiger partial charge in [0.1, 0.15) is 5.75 Å². The van der Waals surface area contributed by atoms with Crippen molar-refractivity contribution in [1.29, 1.82) is 0 Å². The van der Waals surface area contributed by atoms with E-state index < -0.39 is 0 Å². The molecule has 180 valence electrons. The molecule has 8 nitrogen and oxygen atoms in total. The van der Waals surface area contributed by atoms with Gasteiger partial charge in [0.25, 0.3) is 11.8 Å². The summed E-state index contributed by atoms with van der Waals surface area (Å²) in [5.74, 6) is 0.725. The molecule has 2 aromatic carbocycles. The molecule has 0 saturated carbocycles. The van der Waals surface area contributed by atoms with Crippen LogP contribution in [0.3, 0.4) is 0 Å². The molecule has 2 rings (SSSR count). The zero-order valence-electron chi connectivity index (χ0n) is 20.5. The Morgan fingerprint density at radius 1 is 0.818 bits per heavy atom. The summed E-state index contributed by atoms with van der Waals surface area (Å²) in [5, 5.41) is 5.77. The van der Waals surface area contributed by atoms with Crippen LogP contribution in [0, 0.1) is 0 Å². The van der Waals surface area contributed by atoms with E-state index in [4.69, 9.17) is 14.2 Å². The molecule has 0 saturated heterocycles. The molecule has 0 unspecified atom stereocenters. The van der Waals surface area contributed by atoms with E-state index in [1.54, 1.807) is 36.4 Å². The van der Waals surface area contributed by atoms with E-state index in [0.29, 0.717) is 52.7 Å². The molecule has 0 aliphatic carbocycles. The van der Waals surface area contributed by atoms with Crippen LogP contribution in [0.5, 0.6) is 17.2 Å². The highest BCUT2D eigenvalue weighted by atomic mass is 16.5. The predicted molar refractivity (Wildman–Crippen MR) is 130 cm³/mol. The van der Waals surface area contributed by atoms with Gasteiger partial charge in [0.15, 0.2) is 11.5 Å². The minimum atomic E-state index is -0.368. The van der Waals surface area contributed by atoms with E-state index in [0.717, 1.165) is 6.54 Å². The maximum Gasteiger partial charge on any atom is 0.259 e. The smallest absolute Gasteiger partial charge is 0.259 e. The summed E-state index contributed by atoms with van der Waals surface area (Å²) in [6.45, 7) is 9.92. The summed E-state index contributed by atoms with van der Waals surface area (Å²) < 4.78 is 15.9. The van der Waals surface area contributed by atoms with Gasteiger partial charge in [-0.3, -0.25) is 14.5 Å². The minimum absolute atomic E-state index is 0.151. The molecule has 0 atom stereocenters. The van der Waals surface area contributed by atoms with E-state index in [1.165, 1.54) is 21.3 Å². The van der Waals surface area contributed by atoms with E-state index in [-0.39, 0.29) is 11.8 Å². The van der Waals surface area contributed by atoms with Gasteiger partial charge >= 0.3 is 0 Å². The Balaban J connectivity index is 2.03. The fourth-order valence-electron chi connectivity index (χ4n) is 3.62. The number of methoxy groups -OCH3 is 3. The molecule has 0 aliphatic rings. The Labute approximate surface area is 196 Å². The van der Waals surface area contributed by atoms with E-state index in [1.807, 2.05) is 0 Å². The van der Waals surface area contributed by atoms with E-state index >= 15 is 0 Å². The summed E-state index contributed by atoms with van der Waals surface area (Å²) in [6, 6.07) is 10.7. The molecule has 0 spiro atoms. The van der Waals surface area contributed by atoms with Crippen LogP contribution in [0.25, 0.3) is 0 Å². The lowest BCUT2D eigenvalue weighted by atomic mass is 10.1. The molecule has 2 aromatic rings. The fourth-order valence-corrected chi connectivity index (χ4v) is 3.62. The number of hydrogen-bond acceptors (Lipinski definition) is 6. The van der Waals surface area contributed by atoms with Crippen molar-refractivity contribution in [2.45, 2.75) is 39.8 Å². The largest absolute Gasteiger partial charge is 0.496 e. The number of nitrogens with one attached hydrogen (secondary N) is 2. The second kappa shape index (κ2) is 12.1. The van der Waals surface area contributed by atoms with Gasteiger partial charge in [-0.05, 0) is 52.0 Å². The average molecular weight is 458 g/mol. The summed E-state index contributed by atoms with van der Waals surface area (Å²) in [7, 11) is 4.49. The molecule has 0 heterocycles. The lowest BCUT2D eigenvalue weighted by molar-refractivity contribution is 0.0939. The van der Waals surface area contributed by atoms with Gasteiger partial charge < -0.3 is 24.8 Å². The normalized spacial score (nSPS) is 11.0. The second-order valence-electron chi connectivity index (χ2n) is 8.12. The van der Waals surface area contributed by atoms with Crippen molar-refractivity contribution in [3.63, 3.8) is 0 Å². The summed E-state index contributed by atoms with van der Waals surface area (Å²) in [5.41, 5.74) is 1.38. The zero-order valence-corrected chi connectivity index (χ0v) is 20.5. The highest BCUT2D eigenvalue weighted by Gasteiger charge is 2.18. The van der Waals surface area contributed by atoms with Crippen molar-refractivity contribution in [1.82, 2.24) is 10.2 Å². The van der Waals surface area contributed by atoms with Crippen LogP contribution >= 0.6 is 0 Å². The molecule has 0 fully saturated rings. The minimum Gasteiger partial charge on any atom is -0.496 e. The third kappa shape index (κ3) is 6.86. The second-order valence-corrected chi connectivity index (χ2v) is 8.12. The van der Waals surface area contributed by atoms with Crippen LogP contribution in [0.4, 0.5) is 5.69 Å².